The lowest BCUT2D eigenvalue weighted by Gasteiger charge is -2.33. The van der Waals surface area contributed by atoms with Gasteiger partial charge >= 0.3 is 0 Å². The number of aryl methyl sites for hydroxylation is 1. The lowest BCUT2D eigenvalue weighted by molar-refractivity contribution is -0.143. The molecule has 646 valence electrons. The number of carbonyl (C=O) groups is 14. The molecule has 0 radical (unpaired) electrons. The fourth-order valence-corrected chi connectivity index (χ4v) is 13.9. The van der Waals surface area contributed by atoms with Gasteiger partial charge in [-0.3, -0.25) is 77.9 Å². The first-order valence-electron chi connectivity index (χ1n) is 39.0. The van der Waals surface area contributed by atoms with Gasteiger partial charge in [-0.25, -0.2) is 15.0 Å². The van der Waals surface area contributed by atoms with Crippen LogP contribution in [0, 0.1) is 10.8 Å². The first-order valence-corrected chi connectivity index (χ1v) is 40.1. The number of aliphatic hydroxyl groups is 1. The summed E-state index contributed by atoms with van der Waals surface area (Å²) in [5, 5.41) is 64.5. The largest absolute Gasteiger partial charge is 0.394 e. The topological polar surface area (TPSA) is 632 Å². The zero-order valence-electron chi connectivity index (χ0n) is 66.9. The molecule has 0 saturated carbocycles. The van der Waals surface area contributed by atoms with Crippen molar-refractivity contribution < 1.29 is 72.2 Å². The summed E-state index contributed by atoms with van der Waals surface area (Å²) in [6, 6.07) is 12.2. The molecule has 42 heteroatoms. The number of H-pyrrole nitrogens is 2. The average molecular weight is 1690 g/mol. The van der Waals surface area contributed by atoms with Crippen LogP contribution >= 0.6 is 11.8 Å². The first-order chi connectivity index (χ1) is 58.1. The lowest BCUT2D eigenvalue weighted by atomic mass is 9.97. The van der Waals surface area contributed by atoms with Gasteiger partial charge in [0, 0.05) is 107 Å². The maximum Gasteiger partial charge on any atom is 0.245 e. The number of imidazole rings is 3. The molecule has 121 heavy (non-hydrogen) atoms. The molecule has 7 aromatic rings. The molecular formula is C79H104N26O15S. The number of rotatable bonds is 25. The summed E-state index contributed by atoms with van der Waals surface area (Å²) >= 11 is 0.806. The summed E-state index contributed by atoms with van der Waals surface area (Å²) in [5.74, 6) is -15.1. The molecule has 1 fully saturated rings. The minimum Gasteiger partial charge on any atom is -0.394 e. The molecule has 0 bridgehead atoms. The Morgan fingerprint density at radius 2 is 0.992 bits per heavy atom. The van der Waals surface area contributed by atoms with Crippen molar-refractivity contribution in [3.05, 3.63) is 174 Å². The number of nitrogens with one attached hydrogen (secondary N) is 18. The zero-order chi connectivity index (χ0) is 87.5. The standard InChI is InChI=1S/C79H104N26O15S/c1-4-53-69(112)99-57(30-48-22-13-21-47-20-11-12-23-52(47)48)72(115)100-58(31-49-34-85-42-92-49)67(110)91-38-65(108)95-61(39-106)75(118)98-55(25-15-27-89-79(83)84)77(120)105(3)63(29-46-18-9-6-10-19-46)76(119)102-59(32-50-35-86-43-93-50)73(116)97-54(24-14-26-88-78(81)82)70(113)101-60(33-51-36-87-44-104(51)2)74(117)103-62(68(111)90-37-64(80)107)40-121-41-66(109)94-56(71(114)96-53)28-45-16-7-5-8-17-45/h5-13,16-23,34-36,42-44,53-63,106H,4,14-15,24-33,37-41H2,1-3H3,(H2,80,107)(H,85,92)(H,86,93)(H,90,111)(H,91,110)(H,94,109)(H,95,108)(H,96,114)(H,97,116)(H,98,118)(H,99,112)(H,100,115)(H,101,113)(H,102,119)(H,103,117)(H4,81,82,88)(H4,83,84,89)/t53-,54-,55-,56-,57-,58-,59-,60-,61-,62-,63-/m0/s1. The van der Waals surface area contributed by atoms with Gasteiger partial charge in [-0.1, -0.05) is 110 Å². The molecule has 4 heterocycles. The molecule has 11 atom stereocenters. The van der Waals surface area contributed by atoms with Gasteiger partial charge in [-0.2, -0.15) is 0 Å². The fourth-order valence-electron chi connectivity index (χ4n) is 13.1. The highest BCUT2D eigenvalue weighted by Crippen LogP contribution is 2.22. The van der Waals surface area contributed by atoms with E-state index in [1.54, 1.807) is 97.4 Å². The number of carbonyl (C=O) groups excluding carboxylic acids is 14. The molecule has 8 rings (SSSR count). The van der Waals surface area contributed by atoms with Crippen molar-refractivity contribution in [2.75, 3.05) is 51.3 Å². The van der Waals surface area contributed by atoms with E-state index in [1.807, 2.05) is 24.3 Å². The van der Waals surface area contributed by atoms with Crippen LogP contribution in [0.25, 0.3) is 10.8 Å². The third kappa shape index (κ3) is 29.7. The van der Waals surface area contributed by atoms with Crippen molar-refractivity contribution in [2.45, 2.75) is 144 Å². The number of aromatic nitrogens is 6. The number of hydrogen-bond donors (Lipinski definition) is 22. The normalized spacial score (nSPS) is 21.8. The van der Waals surface area contributed by atoms with E-state index in [0.29, 0.717) is 39.2 Å². The molecule has 14 amide bonds. The second kappa shape index (κ2) is 47.0. The Morgan fingerprint density at radius 1 is 0.504 bits per heavy atom. The predicted octanol–water partition coefficient (Wildman–Crippen LogP) is -5.16. The van der Waals surface area contributed by atoms with Crippen LogP contribution < -0.4 is 91.6 Å². The summed E-state index contributed by atoms with van der Waals surface area (Å²) in [5.41, 5.74) is 19.3. The Labute approximate surface area is 699 Å². The molecule has 0 spiro atoms. The van der Waals surface area contributed by atoms with Crippen molar-refractivity contribution in [1.82, 2.24) is 109 Å². The summed E-state index contributed by atoms with van der Waals surface area (Å²) in [7, 11) is 2.86. The summed E-state index contributed by atoms with van der Waals surface area (Å²) < 4.78 is 1.54. The van der Waals surface area contributed by atoms with E-state index < -0.39 is 192 Å². The van der Waals surface area contributed by atoms with Gasteiger partial charge in [0.25, 0.3) is 0 Å². The number of guanidine groups is 2. The van der Waals surface area contributed by atoms with E-state index >= 15 is 28.8 Å². The van der Waals surface area contributed by atoms with E-state index in [2.05, 4.69) is 99.4 Å². The second-order valence-corrected chi connectivity index (χ2v) is 29.7. The number of nitrogens with zero attached hydrogens (tertiary/aromatic N) is 5. The molecule has 1 saturated heterocycles. The molecule has 1 aliphatic heterocycles. The molecule has 25 N–H and O–H groups in total. The van der Waals surface area contributed by atoms with Gasteiger partial charge in [-0.05, 0) is 59.6 Å². The second-order valence-electron chi connectivity index (χ2n) is 28.7. The van der Waals surface area contributed by atoms with Crippen LogP contribution in [0.2, 0.25) is 0 Å². The highest BCUT2D eigenvalue weighted by Gasteiger charge is 2.39. The van der Waals surface area contributed by atoms with Crippen LogP contribution in [0.3, 0.4) is 0 Å². The smallest absolute Gasteiger partial charge is 0.245 e. The first kappa shape index (κ1) is 92.7. The number of hydrogen-bond acceptors (Lipinski definition) is 21. The number of nitrogens with two attached hydrogens (primary N) is 3. The fraction of sp³-hybridized carbons (Fsp3) is 0.405. The van der Waals surface area contributed by atoms with Crippen molar-refractivity contribution in [3.8, 4) is 0 Å². The van der Waals surface area contributed by atoms with Crippen molar-refractivity contribution in [1.29, 1.82) is 10.8 Å². The Kier molecular flexibility index (Phi) is 36.0. The zero-order valence-corrected chi connectivity index (χ0v) is 67.7. The Balaban J connectivity index is 1.19. The van der Waals surface area contributed by atoms with Crippen LogP contribution in [0.15, 0.2) is 141 Å². The molecule has 1 aliphatic rings. The Morgan fingerprint density at radius 3 is 1.56 bits per heavy atom. The average Bonchev–Trinajstić information content (AvgIpc) is 1.19. The maximum absolute atomic E-state index is 15.4. The van der Waals surface area contributed by atoms with Gasteiger partial charge in [0.15, 0.2) is 11.9 Å². The molecule has 41 nitrogen and oxygen atoms in total. The van der Waals surface area contributed by atoms with Crippen LogP contribution in [-0.2, 0) is 113 Å². The van der Waals surface area contributed by atoms with Crippen LogP contribution in [0.5, 0.6) is 0 Å². The number of fused-ring (bicyclic) bond motifs is 1. The monoisotopic (exact) mass is 1690 g/mol. The summed E-state index contributed by atoms with van der Waals surface area (Å²) in [6.45, 7) is -1.12. The van der Waals surface area contributed by atoms with E-state index in [9.17, 15) is 43.5 Å². The Hall–Kier alpha value is -13.8. The van der Waals surface area contributed by atoms with Crippen molar-refractivity contribution in [2.24, 2.45) is 24.2 Å². The number of amides is 14. The summed E-state index contributed by atoms with van der Waals surface area (Å²) in [6.07, 6.45) is 6.19. The van der Waals surface area contributed by atoms with Gasteiger partial charge in [-0.15, -0.1) is 11.8 Å². The highest BCUT2D eigenvalue weighted by molar-refractivity contribution is 8.00. The number of likely N-dealkylation sites (N-methyl/N-ethyl adjacent to an activating group) is 1. The molecule has 3 aromatic heterocycles. The third-order valence-corrected chi connectivity index (χ3v) is 20.6. The maximum atomic E-state index is 15.4. The van der Waals surface area contributed by atoms with Crippen LogP contribution in [0.1, 0.15) is 72.8 Å². The lowest BCUT2D eigenvalue weighted by Crippen LogP contribution is -2.61. The van der Waals surface area contributed by atoms with Gasteiger partial charge in [0.2, 0.25) is 82.7 Å². The van der Waals surface area contributed by atoms with Crippen LogP contribution in [0.4, 0.5) is 0 Å². The van der Waals surface area contributed by atoms with Crippen LogP contribution in [-0.4, -0.2) is 252 Å². The number of thioether (sulfide) groups is 1. The van der Waals surface area contributed by atoms with E-state index in [0.717, 1.165) is 22.0 Å². The minimum atomic E-state index is -1.83. The van der Waals surface area contributed by atoms with Gasteiger partial charge < -0.3 is 116 Å². The van der Waals surface area contributed by atoms with Crippen molar-refractivity contribution in [3.63, 3.8) is 0 Å². The third-order valence-electron chi connectivity index (χ3n) is 19.6. The summed E-state index contributed by atoms with van der Waals surface area (Å²) in [4.78, 5) is 223. The molecule has 0 unspecified atom stereocenters. The molecule has 0 aliphatic carbocycles. The van der Waals surface area contributed by atoms with Gasteiger partial charge in [0.05, 0.1) is 44.4 Å². The quantitative estimate of drug-likeness (QED) is 0.0145. The number of aromatic amines is 2. The number of aliphatic hydroxyl groups excluding tert-OH is 1. The highest BCUT2D eigenvalue weighted by atomic mass is 32.2. The number of primary amides is 1. The van der Waals surface area contributed by atoms with E-state index in [1.165, 1.54) is 44.6 Å². The van der Waals surface area contributed by atoms with Crippen molar-refractivity contribution >= 4 is 117 Å². The van der Waals surface area contributed by atoms with E-state index in [4.69, 9.17) is 28.0 Å². The molecular weight excluding hydrogens is 1590 g/mol. The molecule has 4 aromatic carbocycles. The van der Waals surface area contributed by atoms with Gasteiger partial charge in [0.1, 0.15) is 66.5 Å². The number of benzene rings is 4. The SMILES string of the molecule is CC[C@@H]1NC(=O)[C@H](Cc2ccccc2)NC(=O)CSC[C@@H](C(=O)NCC(N)=O)NC(=O)[C@H](Cc2cncn2C)NC(=O)[C@H](CCCNC(=N)N)NC(=O)[C@H](Cc2cnc[nH]2)NC(=O)[C@H](Cc2ccccc2)N(C)C(=O)[C@H](CCCNC(=N)N)NC(=O)[C@H](CO)NC(=O)CNC(=O)[C@H](Cc2cnc[nH]2)NC(=O)[C@H](Cc2cccc3ccccc23)NC1=O. The predicted molar refractivity (Wildman–Crippen MR) is 444 cm³/mol. The minimum absolute atomic E-state index is 0.0157. The Bertz CT molecular complexity index is 4730. The van der Waals surface area contributed by atoms with E-state index in [-0.39, 0.29) is 83.7 Å².